The molecule has 2 aliphatic rings. The van der Waals surface area contributed by atoms with E-state index < -0.39 is 5.54 Å². The Hall–Kier alpha value is -1.97. The summed E-state index contributed by atoms with van der Waals surface area (Å²) in [5.41, 5.74) is 0.398. The van der Waals surface area contributed by atoms with Crippen LogP contribution in [-0.4, -0.2) is 34.4 Å². The third kappa shape index (κ3) is 3.46. The maximum absolute atomic E-state index is 12.7. The number of para-hydroxylation sites is 1. The van der Waals surface area contributed by atoms with Crippen LogP contribution in [0.5, 0.6) is 0 Å². The maximum atomic E-state index is 12.7. The van der Waals surface area contributed by atoms with Gasteiger partial charge < -0.3 is 5.32 Å². The molecular formula is C20H24N4OS. The number of carbonyl (C=O) groups is 1. The van der Waals surface area contributed by atoms with E-state index in [0.717, 1.165) is 55.6 Å². The van der Waals surface area contributed by atoms with Crippen LogP contribution >= 0.6 is 11.3 Å². The lowest BCUT2D eigenvalue weighted by molar-refractivity contribution is -0.124. The van der Waals surface area contributed by atoms with Gasteiger partial charge in [-0.05, 0) is 57.2 Å². The summed E-state index contributed by atoms with van der Waals surface area (Å²) in [7, 11) is 0. The molecule has 6 heteroatoms. The van der Waals surface area contributed by atoms with Crippen LogP contribution in [0.1, 0.15) is 56.0 Å². The zero-order valence-electron chi connectivity index (χ0n) is 14.9. The molecule has 0 unspecified atom stereocenters. The Kier molecular flexibility index (Phi) is 4.92. The number of amides is 1. The molecule has 0 spiro atoms. The smallest absolute Gasteiger partial charge is 0.235 e. The average Bonchev–Trinajstić information content (AvgIpc) is 3.29. The fraction of sp³-hybridized carbons (Fsp3) is 0.550. The van der Waals surface area contributed by atoms with Crippen LogP contribution in [0.2, 0.25) is 0 Å². The molecule has 5 nitrogen and oxygen atoms in total. The van der Waals surface area contributed by atoms with Gasteiger partial charge in [0.25, 0.3) is 0 Å². The minimum absolute atomic E-state index is 0.0264. The standard InChI is InChI=1S/C20H24N4OS/c21-14-20(10-4-5-11-20)23-18(25)13-24-12-6-3-8-16(24)19-22-15-7-1-2-9-17(15)26-19/h1-2,7,9,16H,3-6,8,10-13H2,(H,23,25)/t16-/m1/s1. The van der Waals surface area contributed by atoms with E-state index in [1.165, 1.54) is 11.1 Å². The van der Waals surface area contributed by atoms with Crippen molar-refractivity contribution in [1.82, 2.24) is 15.2 Å². The van der Waals surface area contributed by atoms with Gasteiger partial charge in [-0.3, -0.25) is 9.69 Å². The van der Waals surface area contributed by atoms with Crippen LogP contribution in [0, 0.1) is 11.3 Å². The van der Waals surface area contributed by atoms with Crippen LogP contribution in [-0.2, 0) is 4.79 Å². The van der Waals surface area contributed by atoms with Gasteiger partial charge in [-0.1, -0.05) is 18.6 Å². The molecule has 0 radical (unpaired) electrons. The first-order chi connectivity index (χ1) is 12.7. The number of hydrogen-bond donors (Lipinski definition) is 1. The first-order valence-electron chi connectivity index (χ1n) is 9.51. The van der Waals surface area contributed by atoms with Crippen molar-refractivity contribution in [2.24, 2.45) is 0 Å². The predicted octanol–water partition coefficient (Wildman–Crippen LogP) is 3.78. The Morgan fingerprint density at radius 1 is 1.31 bits per heavy atom. The molecule has 2 aromatic rings. The molecule has 1 N–H and O–H groups in total. The number of aromatic nitrogens is 1. The third-order valence-corrected chi connectivity index (χ3v) is 6.74. The van der Waals surface area contributed by atoms with Crippen LogP contribution in [0.25, 0.3) is 10.2 Å². The zero-order valence-corrected chi connectivity index (χ0v) is 15.7. The van der Waals surface area contributed by atoms with E-state index >= 15 is 0 Å². The number of likely N-dealkylation sites (tertiary alicyclic amines) is 1. The molecule has 1 saturated carbocycles. The number of rotatable bonds is 4. The number of fused-ring (bicyclic) bond motifs is 1. The Bertz CT molecular complexity index is 801. The lowest BCUT2D eigenvalue weighted by Crippen LogP contribution is -2.50. The predicted molar refractivity (Wildman–Crippen MR) is 103 cm³/mol. The van der Waals surface area contributed by atoms with E-state index in [1.807, 2.05) is 18.2 Å². The topological polar surface area (TPSA) is 69.0 Å². The summed E-state index contributed by atoms with van der Waals surface area (Å²) in [6.45, 7) is 1.26. The van der Waals surface area contributed by atoms with Crippen molar-refractivity contribution in [2.45, 2.75) is 56.5 Å². The van der Waals surface area contributed by atoms with Crippen molar-refractivity contribution in [2.75, 3.05) is 13.1 Å². The second-order valence-corrected chi connectivity index (χ2v) is 8.51. The van der Waals surface area contributed by atoms with E-state index in [2.05, 4.69) is 22.4 Å². The van der Waals surface area contributed by atoms with Gasteiger partial charge in [0.15, 0.2) is 0 Å². The first kappa shape index (κ1) is 17.4. The van der Waals surface area contributed by atoms with Crippen molar-refractivity contribution in [3.05, 3.63) is 29.3 Å². The fourth-order valence-corrected chi connectivity index (χ4v) is 5.36. The molecule has 1 saturated heterocycles. The summed E-state index contributed by atoms with van der Waals surface area (Å²) in [4.78, 5) is 19.7. The highest BCUT2D eigenvalue weighted by atomic mass is 32.1. The summed E-state index contributed by atoms with van der Waals surface area (Å²) in [5, 5.41) is 13.6. The number of carbonyl (C=O) groups excluding carboxylic acids is 1. The first-order valence-corrected chi connectivity index (χ1v) is 10.3. The lowest BCUT2D eigenvalue weighted by Gasteiger charge is -2.34. The lowest BCUT2D eigenvalue weighted by atomic mass is 9.99. The minimum Gasteiger partial charge on any atom is -0.337 e. The summed E-state index contributed by atoms with van der Waals surface area (Å²) < 4.78 is 1.20. The average molecular weight is 369 g/mol. The second-order valence-electron chi connectivity index (χ2n) is 7.45. The number of piperidine rings is 1. The Balaban J connectivity index is 1.48. The third-order valence-electron chi connectivity index (χ3n) is 5.61. The van der Waals surface area contributed by atoms with E-state index in [1.54, 1.807) is 11.3 Å². The number of benzene rings is 1. The molecule has 26 heavy (non-hydrogen) atoms. The number of thiazole rings is 1. The van der Waals surface area contributed by atoms with Gasteiger partial charge in [0.2, 0.25) is 5.91 Å². The van der Waals surface area contributed by atoms with E-state index in [0.29, 0.717) is 6.54 Å². The Morgan fingerprint density at radius 3 is 2.88 bits per heavy atom. The van der Waals surface area contributed by atoms with Gasteiger partial charge in [0.05, 0.1) is 28.9 Å². The summed E-state index contributed by atoms with van der Waals surface area (Å²) in [6.07, 6.45) is 6.90. The van der Waals surface area contributed by atoms with Crippen molar-refractivity contribution in [3.8, 4) is 6.07 Å². The normalized spacial score (nSPS) is 23.0. The summed E-state index contributed by atoms with van der Waals surface area (Å²) >= 11 is 1.73. The van der Waals surface area contributed by atoms with Crippen molar-refractivity contribution in [3.63, 3.8) is 0 Å². The monoisotopic (exact) mass is 368 g/mol. The molecule has 1 aliphatic heterocycles. The molecule has 1 aliphatic carbocycles. The SMILES string of the molecule is N#CC1(NC(=O)CN2CCCC[C@@H]2c2nc3ccccc3s2)CCCC1. The van der Waals surface area contributed by atoms with Gasteiger partial charge in [-0.2, -0.15) is 5.26 Å². The van der Waals surface area contributed by atoms with Crippen LogP contribution in [0.4, 0.5) is 0 Å². The maximum Gasteiger partial charge on any atom is 0.235 e. The fourth-order valence-electron chi connectivity index (χ4n) is 4.23. The number of nitrogens with one attached hydrogen (secondary N) is 1. The number of nitriles is 1. The van der Waals surface area contributed by atoms with Crippen molar-refractivity contribution < 1.29 is 4.79 Å². The highest BCUT2D eigenvalue weighted by Crippen LogP contribution is 2.35. The molecule has 4 rings (SSSR count). The Morgan fingerprint density at radius 2 is 2.12 bits per heavy atom. The second kappa shape index (κ2) is 7.34. The van der Waals surface area contributed by atoms with E-state index in [4.69, 9.17) is 4.98 Å². The van der Waals surface area contributed by atoms with Gasteiger partial charge in [-0.25, -0.2) is 4.98 Å². The quantitative estimate of drug-likeness (QED) is 0.892. The summed E-state index contributed by atoms with van der Waals surface area (Å²) in [6, 6.07) is 10.8. The zero-order chi connectivity index (χ0) is 18.0. The Labute approximate surface area is 158 Å². The molecule has 136 valence electrons. The van der Waals surface area contributed by atoms with Crippen LogP contribution in [0.15, 0.2) is 24.3 Å². The van der Waals surface area contributed by atoms with Gasteiger partial charge >= 0.3 is 0 Å². The van der Waals surface area contributed by atoms with Crippen molar-refractivity contribution >= 4 is 27.5 Å². The molecule has 1 aromatic heterocycles. The van der Waals surface area contributed by atoms with Crippen molar-refractivity contribution in [1.29, 1.82) is 5.26 Å². The minimum atomic E-state index is -0.641. The number of hydrogen-bond acceptors (Lipinski definition) is 5. The van der Waals surface area contributed by atoms with Gasteiger partial charge in [0, 0.05) is 0 Å². The summed E-state index contributed by atoms with van der Waals surface area (Å²) in [5.74, 6) is -0.0264. The van der Waals surface area contributed by atoms with E-state index in [9.17, 15) is 10.1 Å². The van der Waals surface area contributed by atoms with E-state index in [-0.39, 0.29) is 11.9 Å². The molecule has 1 aromatic carbocycles. The van der Waals surface area contributed by atoms with Gasteiger partial charge in [0.1, 0.15) is 10.5 Å². The largest absolute Gasteiger partial charge is 0.337 e. The van der Waals surface area contributed by atoms with Gasteiger partial charge in [-0.15, -0.1) is 11.3 Å². The highest BCUT2D eigenvalue weighted by molar-refractivity contribution is 7.18. The van der Waals surface area contributed by atoms with Crippen LogP contribution in [0.3, 0.4) is 0 Å². The van der Waals surface area contributed by atoms with Crippen LogP contribution < -0.4 is 5.32 Å². The molecule has 0 bridgehead atoms. The molecular weight excluding hydrogens is 344 g/mol. The number of nitrogens with zero attached hydrogens (tertiary/aromatic N) is 3. The highest BCUT2D eigenvalue weighted by Gasteiger charge is 2.36. The molecule has 2 fully saturated rings. The molecule has 1 atom stereocenters. The molecule has 2 heterocycles. The molecule has 1 amide bonds.